The van der Waals surface area contributed by atoms with Crippen LogP contribution in [0.15, 0.2) is 30.5 Å². The Bertz CT molecular complexity index is 772. The standard InChI is InChI=1S/C17H17FNO3P/c1-9(17(20)21)16-15-7-11(8-23(15)16)22-14-4-5-19-13-3-2-10(18)6-12(13)14/h2-6,9,11,15-16H,7-8H2,1H3,(H,20,21). The molecular formula is C17H17FNO3P. The molecule has 2 aliphatic rings. The van der Waals surface area contributed by atoms with E-state index < -0.39 is 5.97 Å². The van der Waals surface area contributed by atoms with Gasteiger partial charge < -0.3 is 9.84 Å². The summed E-state index contributed by atoms with van der Waals surface area (Å²) in [7, 11) is -0.214. The molecule has 5 unspecified atom stereocenters. The van der Waals surface area contributed by atoms with Crippen molar-refractivity contribution in [3.63, 3.8) is 0 Å². The average molecular weight is 333 g/mol. The molecule has 2 fully saturated rings. The highest BCUT2D eigenvalue weighted by molar-refractivity contribution is 7.67. The lowest BCUT2D eigenvalue weighted by Crippen LogP contribution is -2.24. The molecule has 3 heterocycles. The summed E-state index contributed by atoms with van der Waals surface area (Å²) in [5, 5.41) is 9.82. The van der Waals surface area contributed by atoms with Crippen LogP contribution in [0.25, 0.3) is 10.9 Å². The lowest BCUT2D eigenvalue weighted by Gasteiger charge is -2.18. The summed E-state index contributed by atoms with van der Waals surface area (Å²) in [4.78, 5) is 15.3. The molecule has 120 valence electrons. The van der Waals surface area contributed by atoms with Crippen molar-refractivity contribution in [2.45, 2.75) is 30.8 Å². The van der Waals surface area contributed by atoms with Gasteiger partial charge >= 0.3 is 5.97 Å². The van der Waals surface area contributed by atoms with Gasteiger partial charge in [-0.3, -0.25) is 9.78 Å². The maximum absolute atomic E-state index is 13.5. The summed E-state index contributed by atoms with van der Waals surface area (Å²) in [5.74, 6) is -0.577. The lowest BCUT2D eigenvalue weighted by atomic mass is 10.0. The number of hydrogen-bond donors (Lipinski definition) is 1. The largest absolute Gasteiger partial charge is 0.489 e. The van der Waals surface area contributed by atoms with Crippen LogP contribution < -0.4 is 4.74 Å². The van der Waals surface area contributed by atoms with Gasteiger partial charge in [0.1, 0.15) is 17.7 Å². The van der Waals surface area contributed by atoms with Crippen LogP contribution in [0.4, 0.5) is 4.39 Å². The quantitative estimate of drug-likeness (QED) is 0.870. The fraction of sp³-hybridized carbons (Fsp3) is 0.412. The Labute approximate surface area is 134 Å². The fourth-order valence-corrected chi connectivity index (χ4v) is 7.48. The molecule has 0 bridgehead atoms. The number of carboxylic acids is 1. The monoisotopic (exact) mass is 333 g/mol. The molecular weight excluding hydrogens is 316 g/mol. The van der Waals surface area contributed by atoms with Gasteiger partial charge in [0.15, 0.2) is 0 Å². The second-order valence-corrected chi connectivity index (χ2v) is 8.98. The highest BCUT2D eigenvalue weighted by Crippen LogP contribution is 2.74. The Balaban J connectivity index is 1.48. The molecule has 1 N–H and O–H groups in total. The van der Waals surface area contributed by atoms with Crippen LogP contribution in [-0.4, -0.2) is 39.6 Å². The van der Waals surface area contributed by atoms with E-state index in [9.17, 15) is 9.18 Å². The van der Waals surface area contributed by atoms with Crippen LogP contribution in [-0.2, 0) is 4.79 Å². The summed E-state index contributed by atoms with van der Waals surface area (Å²) in [6.07, 6.45) is 3.64. The van der Waals surface area contributed by atoms with Crippen LogP contribution in [0.2, 0.25) is 0 Å². The minimum Gasteiger partial charge on any atom is -0.489 e. The van der Waals surface area contributed by atoms with Crippen molar-refractivity contribution in [1.82, 2.24) is 4.98 Å². The van der Waals surface area contributed by atoms with Crippen LogP contribution in [0.3, 0.4) is 0 Å². The third-order valence-corrected chi connectivity index (χ3v) is 8.33. The van der Waals surface area contributed by atoms with Crippen LogP contribution in [0, 0.1) is 11.7 Å². The van der Waals surface area contributed by atoms with E-state index in [4.69, 9.17) is 9.84 Å². The number of carboxylic acid groups (broad SMARTS) is 1. The van der Waals surface area contributed by atoms with Crippen molar-refractivity contribution >= 4 is 24.8 Å². The number of pyridine rings is 1. The molecule has 6 heteroatoms. The summed E-state index contributed by atoms with van der Waals surface area (Å²) >= 11 is 0. The van der Waals surface area contributed by atoms with Gasteiger partial charge in [-0.15, -0.1) is 0 Å². The molecule has 2 aromatic rings. The Hall–Kier alpha value is -1.74. The van der Waals surface area contributed by atoms with Gasteiger partial charge in [-0.05, 0) is 42.0 Å². The number of aromatic nitrogens is 1. The van der Waals surface area contributed by atoms with Crippen molar-refractivity contribution in [2.24, 2.45) is 5.92 Å². The number of hydrogen-bond acceptors (Lipinski definition) is 3. The van der Waals surface area contributed by atoms with E-state index in [0.717, 1.165) is 18.1 Å². The maximum Gasteiger partial charge on any atom is 0.306 e. The van der Waals surface area contributed by atoms with Crippen LogP contribution in [0.1, 0.15) is 13.3 Å². The first-order chi connectivity index (χ1) is 11.0. The second kappa shape index (κ2) is 5.41. The van der Waals surface area contributed by atoms with Crippen molar-refractivity contribution in [2.75, 3.05) is 6.16 Å². The lowest BCUT2D eigenvalue weighted by molar-refractivity contribution is -0.140. The minimum absolute atomic E-state index is 0.109. The number of fused-ring (bicyclic) bond motifs is 2. The van der Waals surface area contributed by atoms with E-state index in [0.29, 0.717) is 22.5 Å². The number of rotatable bonds is 4. The van der Waals surface area contributed by atoms with Gasteiger partial charge in [-0.1, -0.05) is 14.8 Å². The third-order valence-electron chi connectivity index (χ3n) is 4.89. The van der Waals surface area contributed by atoms with Gasteiger partial charge in [-0.2, -0.15) is 0 Å². The van der Waals surface area contributed by atoms with Gasteiger partial charge in [0.25, 0.3) is 0 Å². The normalized spacial score (nSPS) is 30.0. The van der Waals surface area contributed by atoms with Crippen molar-refractivity contribution in [3.8, 4) is 5.75 Å². The van der Waals surface area contributed by atoms with E-state index in [1.54, 1.807) is 18.3 Å². The number of benzene rings is 1. The zero-order valence-corrected chi connectivity index (χ0v) is 13.5. The van der Waals surface area contributed by atoms with E-state index >= 15 is 0 Å². The molecule has 0 radical (unpaired) electrons. The number of nitrogens with zero attached hydrogens (tertiary/aromatic N) is 1. The molecule has 0 amide bonds. The topological polar surface area (TPSA) is 59.4 Å². The van der Waals surface area contributed by atoms with Gasteiger partial charge in [0, 0.05) is 17.7 Å². The Kier molecular flexibility index (Phi) is 3.49. The molecule has 2 aliphatic heterocycles. The number of carbonyl (C=O) groups is 1. The summed E-state index contributed by atoms with van der Waals surface area (Å²) in [6, 6.07) is 6.27. The first kappa shape index (κ1) is 14.8. The second-order valence-electron chi connectivity index (χ2n) is 6.33. The molecule has 4 rings (SSSR count). The van der Waals surface area contributed by atoms with Crippen LogP contribution >= 0.6 is 7.92 Å². The van der Waals surface area contributed by atoms with E-state index in [1.165, 1.54) is 12.1 Å². The Morgan fingerprint density at radius 3 is 3.00 bits per heavy atom. The highest BCUT2D eigenvalue weighted by Gasteiger charge is 2.59. The van der Waals surface area contributed by atoms with Crippen molar-refractivity contribution in [1.29, 1.82) is 0 Å². The molecule has 0 saturated carbocycles. The molecule has 5 atom stereocenters. The van der Waals surface area contributed by atoms with E-state index in [-0.39, 0.29) is 25.8 Å². The van der Waals surface area contributed by atoms with Crippen molar-refractivity contribution < 1.29 is 19.0 Å². The smallest absolute Gasteiger partial charge is 0.306 e. The molecule has 0 spiro atoms. The molecule has 0 aliphatic carbocycles. The molecule has 1 aromatic carbocycles. The van der Waals surface area contributed by atoms with Gasteiger partial charge in [-0.25, -0.2) is 4.39 Å². The molecule has 4 nitrogen and oxygen atoms in total. The summed E-state index contributed by atoms with van der Waals surface area (Å²) < 4.78 is 19.6. The molecule has 23 heavy (non-hydrogen) atoms. The van der Waals surface area contributed by atoms with E-state index in [2.05, 4.69) is 4.98 Å². The van der Waals surface area contributed by atoms with Gasteiger partial charge in [0.05, 0.1) is 11.4 Å². The number of ether oxygens (including phenoxy) is 1. The summed E-state index contributed by atoms with van der Waals surface area (Å²) in [6.45, 7) is 1.81. The zero-order valence-electron chi connectivity index (χ0n) is 12.6. The maximum atomic E-state index is 13.5. The average Bonchev–Trinajstić information content (AvgIpc) is 3.02. The minimum atomic E-state index is -0.694. The zero-order chi connectivity index (χ0) is 16.1. The predicted molar refractivity (Wildman–Crippen MR) is 86.9 cm³/mol. The SMILES string of the molecule is CC(C(=O)O)C1C2CC(Oc3ccnc4ccc(F)cc34)CP21. The van der Waals surface area contributed by atoms with Crippen LogP contribution in [0.5, 0.6) is 5.75 Å². The van der Waals surface area contributed by atoms with Crippen molar-refractivity contribution in [3.05, 3.63) is 36.3 Å². The first-order valence-electron chi connectivity index (χ1n) is 7.74. The molecule has 2 saturated heterocycles. The number of halogens is 1. The fourth-order valence-electron chi connectivity index (χ4n) is 3.69. The predicted octanol–water partition coefficient (Wildman–Crippen LogP) is 3.48. The number of aliphatic carboxylic acids is 1. The third kappa shape index (κ3) is 2.57. The van der Waals surface area contributed by atoms with Gasteiger partial charge in [0.2, 0.25) is 0 Å². The Morgan fingerprint density at radius 1 is 1.48 bits per heavy atom. The summed E-state index contributed by atoms with van der Waals surface area (Å²) in [5.41, 5.74) is 1.59. The highest BCUT2D eigenvalue weighted by atomic mass is 31.1. The van der Waals surface area contributed by atoms with E-state index in [1.807, 2.05) is 6.92 Å². The molecule has 1 aromatic heterocycles. The first-order valence-corrected chi connectivity index (χ1v) is 9.40. The Morgan fingerprint density at radius 2 is 2.30 bits per heavy atom.